The number of rotatable bonds is 6. The number of ether oxygens (including phenoxy) is 3. The largest absolute Gasteiger partial charge is 0.493 e. The Bertz CT molecular complexity index is 1170. The van der Waals surface area contributed by atoms with Crippen LogP contribution in [-0.2, 0) is 4.79 Å². The predicted molar refractivity (Wildman–Crippen MR) is 120 cm³/mol. The number of benzene rings is 2. The third kappa shape index (κ3) is 3.72. The Kier molecular flexibility index (Phi) is 5.85. The van der Waals surface area contributed by atoms with Gasteiger partial charge in [-0.1, -0.05) is 36.0 Å². The quantitative estimate of drug-likeness (QED) is 0.692. The number of amides is 1. The Morgan fingerprint density at radius 2 is 1.87 bits per heavy atom. The van der Waals surface area contributed by atoms with Crippen LogP contribution >= 0.6 is 11.8 Å². The van der Waals surface area contributed by atoms with Crippen LogP contribution in [-0.4, -0.2) is 43.2 Å². The van der Waals surface area contributed by atoms with E-state index in [1.165, 1.54) is 11.8 Å². The van der Waals surface area contributed by atoms with Gasteiger partial charge >= 0.3 is 0 Å². The molecule has 9 heteroatoms. The first kappa shape index (κ1) is 20.8. The fourth-order valence-corrected chi connectivity index (χ4v) is 4.08. The van der Waals surface area contributed by atoms with Crippen molar-refractivity contribution in [2.45, 2.75) is 6.17 Å². The number of amidine groups is 1. The number of nitrogens with one attached hydrogen (secondary N) is 1. The van der Waals surface area contributed by atoms with E-state index in [1.807, 2.05) is 36.4 Å². The first-order valence-electron chi connectivity index (χ1n) is 9.51. The highest BCUT2D eigenvalue weighted by atomic mass is 32.2. The third-order valence-electron chi connectivity index (χ3n) is 4.84. The second kappa shape index (κ2) is 8.73. The van der Waals surface area contributed by atoms with Crippen molar-refractivity contribution in [2.75, 3.05) is 27.1 Å². The molecule has 2 aliphatic rings. The second-order valence-corrected chi connectivity index (χ2v) is 7.64. The van der Waals surface area contributed by atoms with Crippen LogP contribution in [0.25, 0.3) is 5.70 Å². The molecule has 1 unspecified atom stereocenters. The lowest BCUT2D eigenvalue weighted by atomic mass is 10.1. The van der Waals surface area contributed by atoms with Crippen molar-refractivity contribution < 1.29 is 19.0 Å². The molecule has 2 aromatic rings. The molecule has 160 valence electrons. The zero-order valence-corrected chi connectivity index (χ0v) is 18.2. The number of para-hydroxylation sites is 1. The predicted octanol–water partition coefficient (Wildman–Crippen LogP) is 1.77. The maximum absolute atomic E-state index is 13.1. The average Bonchev–Trinajstić information content (AvgIpc) is 2.80. The molecule has 4 rings (SSSR count). The van der Waals surface area contributed by atoms with Crippen molar-refractivity contribution >= 4 is 28.5 Å². The van der Waals surface area contributed by atoms with Crippen LogP contribution in [0.2, 0.25) is 0 Å². The highest BCUT2D eigenvalue weighted by Crippen LogP contribution is 2.42. The summed E-state index contributed by atoms with van der Waals surface area (Å²) in [5.41, 5.74) is 1.18. The fourth-order valence-electron chi connectivity index (χ4n) is 3.50. The summed E-state index contributed by atoms with van der Waals surface area (Å²) >= 11 is 1.39. The minimum absolute atomic E-state index is 0.235. The molecule has 1 N–H and O–H groups in total. The Balaban J connectivity index is 1.93. The number of hydrogen-bond donors (Lipinski definition) is 1. The topological polar surface area (TPSA) is 84.8 Å². The minimum Gasteiger partial charge on any atom is -0.493 e. The molecule has 0 aliphatic carbocycles. The molecule has 0 saturated heterocycles. The lowest BCUT2D eigenvalue weighted by molar-refractivity contribution is -0.116. The summed E-state index contributed by atoms with van der Waals surface area (Å²) in [7, 11) is 4.67. The maximum atomic E-state index is 13.1. The molecular weight excluding hydrogens is 416 g/mol. The van der Waals surface area contributed by atoms with Gasteiger partial charge in [0.25, 0.3) is 5.91 Å². The molecule has 1 atom stereocenters. The lowest BCUT2D eigenvalue weighted by Gasteiger charge is -2.34. The van der Waals surface area contributed by atoms with E-state index in [9.17, 15) is 4.79 Å². The van der Waals surface area contributed by atoms with Gasteiger partial charge in [0.15, 0.2) is 22.8 Å². The third-order valence-corrected chi connectivity index (χ3v) is 5.70. The zero-order valence-electron chi connectivity index (χ0n) is 17.4. The van der Waals surface area contributed by atoms with Crippen molar-refractivity contribution in [3.8, 4) is 17.2 Å². The molecule has 0 radical (unpaired) electrons. The average molecular weight is 439 g/mol. The van der Waals surface area contributed by atoms with Gasteiger partial charge in [0.1, 0.15) is 5.70 Å². The molecule has 0 spiro atoms. The van der Waals surface area contributed by atoms with Gasteiger partial charge in [0.2, 0.25) is 5.75 Å². The Morgan fingerprint density at radius 3 is 2.52 bits per heavy atom. The monoisotopic (exact) mass is 438 g/mol. The highest BCUT2D eigenvalue weighted by Gasteiger charge is 2.35. The first-order chi connectivity index (χ1) is 15.1. The van der Waals surface area contributed by atoms with Gasteiger partial charge in [-0.2, -0.15) is 0 Å². The number of fused-ring (bicyclic) bond motifs is 2. The number of thioether (sulfide) groups is 1. The van der Waals surface area contributed by atoms with Crippen LogP contribution in [0.1, 0.15) is 11.7 Å². The number of hydrogen-bond acceptors (Lipinski definition) is 8. The number of carbonyl (C=O) groups is 1. The summed E-state index contributed by atoms with van der Waals surface area (Å²) in [6, 6.07) is 11.1. The summed E-state index contributed by atoms with van der Waals surface area (Å²) in [6.45, 7) is 3.73. The van der Waals surface area contributed by atoms with Crippen molar-refractivity contribution in [1.82, 2.24) is 10.3 Å². The van der Waals surface area contributed by atoms with Gasteiger partial charge in [-0.3, -0.25) is 15.1 Å². The van der Waals surface area contributed by atoms with Gasteiger partial charge < -0.3 is 14.2 Å². The molecule has 2 heterocycles. The molecule has 1 amide bonds. The molecule has 0 bridgehead atoms. The van der Waals surface area contributed by atoms with Crippen LogP contribution in [0, 0.1) is 0 Å². The smallest absolute Gasteiger partial charge is 0.276 e. The standard InChI is InChI=1S/C22H22N4O4S/c1-5-10-31-22-24-21(27)18-14-8-6-7-9-15(14)23-20(26(18)25-22)13-11-16(28-2)19(30-4)17(12-13)29-3/h5-9,11-12,20H,1,10H2,2-4H3,(H,24,25,27). The summed E-state index contributed by atoms with van der Waals surface area (Å²) in [5.74, 6) is 1.86. The fraction of sp³-hybridized carbons (Fsp3) is 0.227. The van der Waals surface area contributed by atoms with E-state index >= 15 is 0 Å². The van der Waals surface area contributed by atoms with Gasteiger partial charge in [-0.05, 0) is 18.2 Å². The van der Waals surface area contributed by atoms with Crippen LogP contribution in [0.15, 0.2) is 59.1 Å². The lowest BCUT2D eigenvalue weighted by Crippen LogP contribution is -2.50. The summed E-state index contributed by atoms with van der Waals surface area (Å²) in [6.07, 6.45) is 1.16. The second-order valence-electron chi connectivity index (χ2n) is 6.63. The van der Waals surface area contributed by atoms with E-state index in [2.05, 4.69) is 11.9 Å². The number of carbonyl (C=O) groups excluding carboxylic acids is 1. The van der Waals surface area contributed by atoms with Crippen molar-refractivity contribution in [3.05, 3.63) is 65.2 Å². The Hall–Kier alpha value is -3.46. The molecule has 31 heavy (non-hydrogen) atoms. The summed E-state index contributed by atoms with van der Waals surface area (Å²) in [5, 5.41) is 11.1. The van der Waals surface area contributed by atoms with Crippen molar-refractivity contribution in [3.63, 3.8) is 0 Å². The van der Waals surface area contributed by atoms with Crippen molar-refractivity contribution in [2.24, 2.45) is 10.1 Å². The van der Waals surface area contributed by atoms with E-state index in [-0.39, 0.29) is 5.91 Å². The van der Waals surface area contributed by atoms with Gasteiger partial charge in [-0.15, -0.1) is 11.7 Å². The molecule has 2 aliphatic heterocycles. The molecule has 0 saturated carbocycles. The number of methoxy groups -OCH3 is 3. The van der Waals surface area contributed by atoms with E-state index in [1.54, 1.807) is 32.4 Å². The summed E-state index contributed by atoms with van der Waals surface area (Å²) < 4.78 is 16.5. The molecule has 2 aromatic carbocycles. The van der Waals surface area contributed by atoms with Crippen LogP contribution in [0.3, 0.4) is 0 Å². The van der Waals surface area contributed by atoms with Crippen LogP contribution in [0.4, 0.5) is 0 Å². The van der Waals surface area contributed by atoms with Gasteiger partial charge in [0.05, 0.1) is 26.7 Å². The van der Waals surface area contributed by atoms with Gasteiger partial charge in [0, 0.05) is 16.5 Å². The maximum Gasteiger partial charge on any atom is 0.276 e. The first-order valence-corrected chi connectivity index (χ1v) is 10.5. The van der Waals surface area contributed by atoms with Crippen LogP contribution < -0.4 is 30.1 Å². The van der Waals surface area contributed by atoms with Crippen LogP contribution in [0.5, 0.6) is 17.2 Å². The summed E-state index contributed by atoms with van der Waals surface area (Å²) in [4.78, 5) is 18.0. The Morgan fingerprint density at radius 1 is 1.16 bits per heavy atom. The molecular formula is C22H22N4O4S. The Labute approximate surface area is 183 Å². The zero-order chi connectivity index (χ0) is 22.0. The molecule has 0 aromatic heterocycles. The minimum atomic E-state index is -0.594. The number of nitrogens with zero attached hydrogens (tertiary/aromatic N) is 3. The molecule has 8 nitrogen and oxygen atoms in total. The van der Waals surface area contributed by atoms with Crippen molar-refractivity contribution in [1.29, 1.82) is 0 Å². The van der Waals surface area contributed by atoms with E-state index < -0.39 is 6.17 Å². The normalized spacial score (nSPS) is 16.9. The van der Waals surface area contributed by atoms with E-state index in [0.29, 0.717) is 39.2 Å². The van der Waals surface area contributed by atoms with E-state index in [4.69, 9.17) is 24.3 Å². The van der Waals surface area contributed by atoms with Gasteiger partial charge in [-0.25, -0.2) is 5.01 Å². The number of hydrazone groups is 1. The highest BCUT2D eigenvalue weighted by molar-refractivity contribution is 8.14. The molecule has 0 fully saturated rings. The van der Waals surface area contributed by atoms with E-state index in [0.717, 1.165) is 10.8 Å². The SMILES string of the molecule is C=CCSC1=NN2C(=c3ccccc3=NC2c2cc(OC)c(OC)c(OC)c2)C(=O)N1.